The predicted molar refractivity (Wildman–Crippen MR) is 137 cm³/mol. The van der Waals surface area contributed by atoms with Crippen LogP contribution >= 0.6 is 0 Å². The minimum absolute atomic E-state index is 0.214. The zero-order valence-corrected chi connectivity index (χ0v) is 20.8. The number of hydrogen-bond donors (Lipinski definition) is 1. The molecular formula is C28H37N3O3. The number of aliphatic hydroxyl groups is 1. The summed E-state index contributed by atoms with van der Waals surface area (Å²) in [6.45, 7) is 13.9. The SMILES string of the molecule is C=CCOC[C@@H](O)CN(Cc1c(CC)nn(-c2ccccc2)c1Oc1ccc(C)cc1)C(C)C. The average Bonchev–Trinajstić information content (AvgIpc) is 3.17. The fraction of sp³-hybridized carbons (Fsp3) is 0.393. The molecule has 0 fully saturated rings. The van der Waals surface area contributed by atoms with E-state index in [1.165, 1.54) is 5.56 Å². The second-order valence-corrected chi connectivity index (χ2v) is 8.75. The van der Waals surface area contributed by atoms with Gasteiger partial charge in [0.2, 0.25) is 5.88 Å². The number of aryl methyl sites for hydroxylation is 2. The van der Waals surface area contributed by atoms with Crippen LogP contribution in [0.2, 0.25) is 0 Å². The van der Waals surface area contributed by atoms with Gasteiger partial charge in [-0.2, -0.15) is 5.10 Å². The third-order valence-electron chi connectivity index (χ3n) is 5.67. The summed E-state index contributed by atoms with van der Waals surface area (Å²) >= 11 is 0. The molecular weight excluding hydrogens is 426 g/mol. The Balaban J connectivity index is 1.97. The molecule has 6 nitrogen and oxygen atoms in total. The monoisotopic (exact) mass is 463 g/mol. The number of para-hydroxylation sites is 1. The minimum atomic E-state index is -0.599. The Kier molecular flexibility index (Phi) is 9.45. The molecule has 0 saturated carbocycles. The molecule has 0 spiro atoms. The fourth-order valence-electron chi connectivity index (χ4n) is 3.76. The highest BCUT2D eigenvalue weighted by atomic mass is 16.5. The molecule has 0 aliphatic rings. The van der Waals surface area contributed by atoms with Crippen LogP contribution in [0.15, 0.2) is 67.3 Å². The number of hydrogen-bond acceptors (Lipinski definition) is 5. The third-order valence-corrected chi connectivity index (χ3v) is 5.67. The maximum Gasteiger partial charge on any atom is 0.227 e. The molecule has 34 heavy (non-hydrogen) atoms. The molecule has 0 amide bonds. The molecule has 0 aliphatic heterocycles. The van der Waals surface area contributed by atoms with Crippen LogP contribution in [-0.2, 0) is 17.7 Å². The van der Waals surface area contributed by atoms with Gasteiger partial charge in [0, 0.05) is 19.1 Å². The Hall–Kier alpha value is -2.93. The van der Waals surface area contributed by atoms with Crippen LogP contribution in [0.5, 0.6) is 11.6 Å². The zero-order valence-electron chi connectivity index (χ0n) is 20.8. The number of nitrogens with zero attached hydrogens (tertiary/aromatic N) is 3. The van der Waals surface area contributed by atoms with Crippen LogP contribution in [0.25, 0.3) is 5.69 Å². The van der Waals surface area contributed by atoms with Crippen molar-refractivity contribution in [2.24, 2.45) is 0 Å². The average molecular weight is 464 g/mol. The van der Waals surface area contributed by atoms with Gasteiger partial charge in [0.05, 0.1) is 36.3 Å². The third kappa shape index (κ3) is 6.79. The Morgan fingerprint density at radius 2 is 1.82 bits per heavy atom. The van der Waals surface area contributed by atoms with E-state index in [-0.39, 0.29) is 12.6 Å². The highest BCUT2D eigenvalue weighted by molar-refractivity contribution is 5.44. The number of aliphatic hydroxyl groups excluding tert-OH is 1. The minimum Gasteiger partial charge on any atom is -0.439 e. The van der Waals surface area contributed by atoms with Gasteiger partial charge < -0.3 is 14.6 Å². The van der Waals surface area contributed by atoms with Crippen molar-refractivity contribution in [2.75, 3.05) is 19.8 Å². The lowest BCUT2D eigenvalue weighted by molar-refractivity contribution is 0.0176. The van der Waals surface area contributed by atoms with Gasteiger partial charge in [-0.1, -0.05) is 48.9 Å². The topological polar surface area (TPSA) is 59.8 Å². The zero-order chi connectivity index (χ0) is 24.5. The molecule has 2 aromatic carbocycles. The van der Waals surface area contributed by atoms with Crippen LogP contribution in [0.3, 0.4) is 0 Å². The van der Waals surface area contributed by atoms with E-state index in [9.17, 15) is 5.11 Å². The summed E-state index contributed by atoms with van der Waals surface area (Å²) in [7, 11) is 0. The van der Waals surface area contributed by atoms with Crippen LogP contribution < -0.4 is 4.74 Å². The van der Waals surface area contributed by atoms with Gasteiger partial charge in [-0.15, -0.1) is 6.58 Å². The van der Waals surface area contributed by atoms with Gasteiger partial charge >= 0.3 is 0 Å². The summed E-state index contributed by atoms with van der Waals surface area (Å²) in [4.78, 5) is 2.23. The van der Waals surface area contributed by atoms with E-state index < -0.39 is 6.10 Å². The number of ether oxygens (including phenoxy) is 2. The van der Waals surface area contributed by atoms with Crippen molar-refractivity contribution in [1.82, 2.24) is 14.7 Å². The first-order chi connectivity index (χ1) is 16.4. The van der Waals surface area contributed by atoms with E-state index in [0.717, 1.165) is 29.1 Å². The Bertz CT molecular complexity index is 1030. The summed E-state index contributed by atoms with van der Waals surface area (Å²) in [5.74, 6) is 1.47. The second kappa shape index (κ2) is 12.5. The molecule has 1 heterocycles. The molecule has 182 valence electrons. The van der Waals surface area contributed by atoms with Crippen molar-refractivity contribution < 1.29 is 14.6 Å². The van der Waals surface area contributed by atoms with Crippen molar-refractivity contribution >= 4 is 0 Å². The van der Waals surface area contributed by atoms with E-state index in [1.54, 1.807) is 6.08 Å². The molecule has 0 radical (unpaired) electrons. The van der Waals surface area contributed by atoms with Gasteiger partial charge in [0.1, 0.15) is 5.75 Å². The number of benzene rings is 2. The van der Waals surface area contributed by atoms with Crippen molar-refractivity contribution in [2.45, 2.75) is 52.8 Å². The van der Waals surface area contributed by atoms with Gasteiger partial charge in [0.15, 0.2) is 0 Å². The summed E-state index contributed by atoms with van der Waals surface area (Å²) < 4.78 is 13.8. The van der Waals surface area contributed by atoms with E-state index in [0.29, 0.717) is 25.6 Å². The van der Waals surface area contributed by atoms with E-state index in [4.69, 9.17) is 14.6 Å². The fourth-order valence-corrected chi connectivity index (χ4v) is 3.76. The number of rotatable bonds is 13. The maximum absolute atomic E-state index is 10.6. The smallest absolute Gasteiger partial charge is 0.227 e. The van der Waals surface area contributed by atoms with E-state index in [2.05, 4.69) is 39.2 Å². The first-order valence-corrected chi connectivity index (χ1v) is 11.9. The Morgan fingerprint density at radius 1 is 1.12 bits per heavy atom. The molecule has 0 aliphatic carbocycles. The molecule has 1 atom stereocenters. The molecule has 0 saturated heterocycles. The molecule has 3 aromatic rings. The van der Waals surface area contributed by atoms with Crippen molar-refractivity contribution in [3.8, 4) is 17.3 Å². The normalized spacial score (nSPS) is 12.3. The quantitative estimate of drug-likeness (QED) is 0.275. The summed E-state index contributed by atoms with van der Waals surface area (Å²) in [6.07, 6.45) is 1.86. The molecule has 1 N–H and O–H groups in total. The molecule has 6 heteroatoms. The van der Waals surface area contributed by atoms with Crippen molar-refractivity contribution in [3.05, 3.63) is 84.1 Å². The molecule has 3 rings (SSSR count). The van der Waals surface area contributed by atoms with Crippen LogP contribution in [0.1, 0.15) is 37.6 Å². The van der Waals surface area contributed by atoms with Crippen LogP contribution in [0, 0.1) is 6.92 Å². The predicted octanol–water partition coefficient (Wildman–Crippen LogP) is 5.31. The Labute approximate surface area is 203 Å². The molecule has 0 unspecified atom stereocenters. The Morgan fingerprint density at radius 3 is 2.44 bits per heavy atom. The second-order valence-electron chi connectivity index (χ2n) is 8.75. The van der Waals surface area contributed by atoms with Crippen LogP contribution in [-0.4, -0.2) is 51.7 Å². The van der Waals surface area contributed by atoms with Gasteiger partial charge in [-0.05, 0) is 51.5 Å². The van der Waals surface area contributed by atoms with E-state index >= 15 is 0 Å². The standard InChI is InChI=1S/C28H37N3O3/c1-6-17-33-20-24(32)18-30(21(3)4)19-26-27(7-2)29-31(23-11-9-8-10-12-23)28(26)34-25-15-13-22(5)14-16-25/h6,8-16,21,24,32H,1,7,17-20H2,2-5H3/t24-/m0/s1. The maximum atomic E-state index is 10.6. The van der Waals surface area contributed by atoms with Gasteiger partial charge in [-0.3, -0.25) is 4.90 Å². The summed E-state index contributed by atoms with van der Waals surface area (Å²) in [5.41, 5.74) is 4.13. The highest BCUT2D eigenvalue weighted by Crippen LogP contribution is 2.32. The van der Waals surface area contributed by atoms with Gasteiger partial charge in [-0.25, -0.2) is 4.68 Å². The van der Waals surface area contributed by atoms with Gasteiger partial charge in [0.25, 0.3) is 0 Å². The largest absolute Gasteiger partial charge is 0.439 e. The van der Waals surface area contributed by atoms with Crippen molar-refractivity contribution in [3.63, 3.8) is 0 Å². The number of aromatic nitrogens is 2. The first-order valence-electron chi connectivity index (χ1n) is 11.9. The lowest BCUT2D eigenvalue weighted by atomic mass is 10.1. The lowest BCUT2D eigenvalue weighted by Crippen LogP contribution is -2.39. The summed E-state index contributed by atoms with van der Waals surface area (Å²) in [5, 5.41) is 15.5. The van der Waals surface area contributed by atoms with E-state index in [1.807, 2.05) is 59.3 Å². The summed E-state index contributed by atoms with van der Waals surface area (Å²) in [6, 6.07) is 18.3. The highest BCUT2D eigenvalue weighted by Gasteiger charge is 2.25. The van der Waals surface area contributed by atoms with Crippen LogP contribution in [0.4, 0.5) is 0 Å². The molecule has 1 aromatic heterocycles. The molecule has 0 bridgehead atoms. The van der Waals surface area contributed by atoms with Crippen molar-refractivity contribution in [1.29, 1.82) is 0 Å². The first kappa shape index (κ1) is 25.7. The lowest BCUT2D eigenvalue weighted by Gasteiger charge is -2.29.